The molecule has 19 heavy (non-hydrogen) atoms. The molecule has 2 rings (SSSR count). The number of aryl methyl sites for hydroxylation is 1. The monoisotopic (exact) mass is 324 g/mol. The van der Waals surface area contributed by atoms with E-state index in [1.54, 1.807) is 0 Å². The fourth-order valence-electron chi connectivity index (χ4n) is 2.58. The first-order valence-electron chi connectivity index (χ1n) is 6.87. The lowest BCUT2D eigenvalue weighted by Crippen LogP contribution is -2.29. The summed E-state index contributed by atoms with van der Waals surface area (Å²) in [4.78, 5) is 12.2. The third kappa shape index (κ3) is 3.80. The van der Waals surface area contributed by atoms with E-state index in [0.29, 0.717) is 5.92 Å². The van der Waals surface area contributed by atoms with Gasteiger partial charge in [-0.1, -0.05) is 22.0 Å². The van der Waals surface area contributed by atoms with Crippen LogP contribution in [0.3, 0.4) is 0 Å². The van der Waals surface area contributed by atoms with Crippen molar-refractivity contribution in [2.45, 2.75) is 32.6 Å². The SMILES string of the molecule is Cc1ccc(NC(=O)C2CCC(CN)CC2)cc1Br. The summed E-state index contributed by atoms with van der Waals surface area (Å²) in [5.74, 6) is 0.895. The van der Waals surface area contributed by atoms with Crippen LogP contribution in [0.1, 0.15) is 31.2 Å². The Bertz CT molecular complexity index is 453. The zero-order valence-electron chi connectivity index (χ0n) is 11.3. The largest absolute Gasteiger partial charge is 0.330 e. The van der Waals surface area contributed by atoms with Gasteiger partial charge >= 0.3 is 0 Å². The Balaban J connectivity index is 1.92. The fraction of sp³-hybridized carbons (Fsp3) is 0.533. The highest BCUT2D eigenvalue weighted by Crippen LogP contribution is 2.29. The van der Waals surface area contributed by atoms with Crippen molar-refractivity contribution in [1.82, 2.24) is 0 Å². The van der Waals surface area contributed by atoms with Gasteiger partial charge in [0.1, 0.15) is 0 Å². The maximum atomic E-state index is 12.2. The number of hydrogen-bond donors (Lipinski definition) is 2. The molecule has 0 aliphatic heterocycles. The number of rotatable bonds is 3. The Kier molecular flexibility index (Phi) is 4.99. The van der Waals surface area contributed by atoms with Gasteiger partial charge < -0.3 is 11.1 Å². The maximum absolute atomic E-state index is 12.2. The molecule has 0 atom stereocenters. The van der Waals surface area contributed by atoms with E-state index in [9.17, 15) is 4.79 Å². The van der Waals surface area contributed by atoms with E-state index >= 15 is 0 Å². The summed E-state index contributed by atoms with van der Waals surface area (Å²) < 4.78 is 1.03. The number of nitrogens with one attached hydrogen (secondary N) is 1. The van der Waals surface area contributed by atoms with E-state index in [0.717, 1.165) is 42.4 Å². The average Bonchev–Trinajstić information content (AvgIpc) is 2.43. The molecule has 0 radical (unpaired) electrons. The number of carbonyl (C=O) groups excluding carboxylic acids is 1. The van der Waals surface area contributed by atoms with Crippen LogP contribution >= 0.6 is 15.9 Å². The summed E-state index contributed by atoms with van der Waals surface area (Å²) in [5.41, 5.74) is 7.71. The number of halogens is 1. The molecule has 1 amide bonds. The second-order valence-corrected chi connectivity index (χ2v) is 6.26. The molecule has 4 heteroatoms. The first kappa shape index (κ1) is 14.5. The third-order valence-electron chi connectivity index (χ3n) is 3.99. The van der Waals surface area contributed by atoms with Crippen LogP contribution in [0.25, 0.3) is 0 Å². The van der Waals surface area contributed by atoms with Gasteiger partial charge in [0.05, 0.1) is 0 Å². The molecule has 1 aromatic carbocycles. The van der Waals surface area contributed by atoms with Crippen molar-refractivity contribution in [3.05, 3.63) is 28.2 Å². The van der Waals surface area contributed by atoms with Gasteiger partial charge in [0.25, 0.3) is 0 Å². The van der Waals surface area contributed by atoms with E-state index in [1.807, 2.05) is 25.1 Å². The van der Waals surface area contributed by atoms with Crippen LogP contribution in [-0.2, 0) is 4.79 Å². The maximum Gasteiger partial charge on any atom is 0.227 e. The minimum atomic E-state index is 0.142. The summed E-state index contributed by atoms with van der Waals surface area (Å²) in [7, 11) is 0. The fourth-order valence-corrected chi connectivity index (χ4v) is 2.95. The first-order valence-corrected chi connectivity index (χ1v) is 7.66. The second kappa shape index (κ2) is 6.53. The number of carbonyl (C=O) groups is 1. The van der Waals surface area contributed by atoms with Crippen molar-refractivity contribution in [3.8, 4) is 0 Å². The minimum Gasteiger partial charge on any atom is -0.330 e. The molecule has 0 bridgehead atoms. The van der Waals surface area contributed by atoms with Crippen LogP contribution < -0.4 is 11.1 Å². The van der Waals surface area contributed by atoms with Crippen molar-refractivity contribution < 1.29 is 4.79 Å². The molecule has 0 heterocycles. The Morgan fingerprint density at radius 2 is 2.05 bits per heavy atom. The van der Waals surface area contributed by atoms with E-state index < -0.39 is 0 Å². The molecule has 1 aliphatic carbocycles. The standard InChI is InChI=1S/C15H21BrN2O/c1-10-2-7-13(8-14(10)16)18-15(19)12-5-3-11(9-17)4-6-12/h2,7-8,11-12H,3-6,9,17H2,1H3,(H,18,19). The molecule has 104 valence electrons. The van der Waals surface area contributed by atoms with Crippen molar-refractivity contribution in [1.29, 1.82) is 0 Å². The number of nitrogens with two attached hydrogens (primary N) is 1. The zero-order chi connectivity index (χ0) is 13.8. The highest BCUT2D eigenvalue weighted by atomic mass is 79.9. The quantitative estimate of drug-likeness (QED) is 0.894. The summed E-state index contributed by atoms with van der Waals surface area (Å²) in [6.07, 6.45) is 4.07. The molecule has 0 aromatic heterocycles. The van der Waals surface area contributed by atoms with Crippen molar-refractivity contribution in [2.75, 3.05) is 11.9 Å². The number of amides is 1. The Labute approximate surface area is 123 Å². The van der Waals surface area contributed by atoms with Gasteiger partial charge in [-0.3, -0.25) is 4.79 Å². The topological polar surface area (TPSA) is 55.1 Å². The summed E-state index contributed by atoms with van der Waals surface area (Å²) >= 11 is 3.48. The van der Waals surface area contributed by atoms with Crippen LogP contribution in [-0.4, -0.2) is 12.5 Å². The van der Waals surface area contributed by atoms with Crippen LogP contribution in [0.15, 0.2) is 22.7 Å². The van der Waals surface area contributed by atoms with Crippen LogP contribution in [0.2, 0.25) is 0 Å². The highest BCUT2D eigenvalue weighted by Gasteiger charge is 2.25. The molecule has 0 spiro atoms. The number of benzene rings is 1. The molecule has 1 saturated carbocycles. The summed E-state index contributed by atoms with van der Waals surface area (Å²) in [6.45, 7) is 2.78. The van der Waals surface area contributed by atoms with E-state index in [4.69, 9.17) is 5.73 Å². The molecule has 3 nitrogen and oxygen atoms in total. The smallest absolute Gasteiger partial charge is 0.227 e. The molecule has 0 saturated heterocycles. The van der Waals surface area contributed by atoms with E-state index in [2.05, 4.69) is 21.2 Å². The highest BCUT2D eigenvalue weighted by molar-refractivity contribution is 9.10. The van der Waals surface area contributed by atoms with E-state index in [-0.39, 0.29) is 11.8 Å². The number of anilines is 1. The van der Waals surface area contributed by atoms with Crippen molar-refractivity contribution in [3.63, 3.8) is 0 Å². The molecule has 1 aliphatic rings. The third-order valence-corrected chi connectivity index (χ3v) is 4.84. The lowest BCUT2D eigenvalue weighted by molar-refractivity contribution is -0.121. The predicted molar refractivity (Wildman–Crippen MR) is 82.0 cm³/mol. The Hall–Kier alpha value is -0.870. The normalized spacial score (nSPS) is 23.1. The summed E-state index contributed by atoms with van der Waals surface area (Å²) in [6, 6.07) is 5.91. The molecule has 0 unspecified atom stereocenters. The number of hydrogen-bond acceptors (Lipinski definition) is 2. The average molecular weight is 325 g/mol. The first-order chi connectivity index (χ1) is 9.10. The van der Waals surface area contributed by atoms with Crippen LogP contribution in [0.4, 0.5) is 5.69 Å². The molecular weight excluding hydrogens is 304 g/mol. The van der Waals surface area contributed by atoms with Crippen LogP contribution in [0, 0.1) is 18.8 Å². The summed E-state index contributed by atoms with van der Waals surface area (Å²) in [5, 5.41) is 3.01. The van der Waals surface area contributed by atoms with Crippen molar-refractivity contribution >= 4 is 27.5 Å². The Morgan fingerprint density at radius 1 is 1.37 bits per heavy atom. The van der Waals surface area contributed by atoms with Gasteiger partial charge in [0, 0.05) is 16.1 Å². The second-order valence-electron chi connectivity index (χ2n) is 5.41. The van der Waals surface area contributed by atoms with Crippen LogP contribution in [0.5, 0.6) is 0 Å². The zero-order valence-corrected chi connectivity index (χ0v) is 12.9. The molecule has 1 aromatic rings. The molecule has 3 N–H and O–H groups in total. The van der Waals surface area contributed by atoms with Gasteiger partial charge in [0.15, 0.2) is 0 Å². The van der Waals surface area contributed by atoms with Crippen molar-refractivity contribution in [2.24, 2.45) is 17.6 Å². The lowest BCUT2D eigenvalue weighted by atomic mass is 9.81. The molecule has 1 fully saturated rings. The van der Waals surface area contributed by atoms with Gasteiger partial charge in [-0.15, -0.1) is 0 Å². The Morgan fingerprint density at radius 3 is 2.63 bits per heavy atom. The van der Waals surface area contributed by atoms with Gasteiger partial charge in [-0.05, 0) is 62.8 Å². The van der Waals surface area contributed by atoms with Gasteiger partial charge in [-0.2, -0.15) is 0 Å². The minimum absolute atomic E-state index is 0.142. The van der Waals surface area contributed by atoms with Gasteiger partial charge in [0.2, 0.25) is 5.91 Å². The predicted octanol–water partition coefficient (Wildman–Crippen LogP) is 3.46. The molecular formula is C15H21BrN2O. The lowest BCUT2D eigenvalue weighted by Gasteiger charge is -2.26. The van der Waals surface area contributed by atoms with E-state index in [1.165, 1.54) is 5.56 Å². The van der Waals surface area contributed by atoms with Gasteiger partial charge in [-0.25, -0.2) is 0 Å².